The number of carboxylic acids is 1. The molecule has 4 heteroatoms. The number of aliphatic carboxylic acids is 1. The van der Waals surface area contributed by atoms with Gasteiger partial charge in [-0.25, -0.2) is 9.59 Å². The zero-order valence-corrected chi connectivity index (χ0v) is 18.3. The van der Waals surface area contributed by atoms with Crippen LogP contribution in [0.1, 0.15) is 85.5 Å². The molecule has 0 saturated carbocycles. The van der Waals surface area contributed by atoms with Gasteiger partial charge in [0.25, 0.3) is 0 Å². The summed E-state index contributed by atoms with van der Waals surface area (Å²) in [6.45, 7) is 8.44. The molecule has 1 N–H and O–H groups in total. The summed E-state index contributed by atoms with van der Waals surface area (Å²) >= 11 is 0. The SMILES string of the molecule is CCCCC/C=C\C=C(/CC)C(=O)O.CCCCC/C=C\C=C\C(=O)OCC. The normalized spacial score (nSPS) is 11.8. The maximum absolute atomic E-state index is 10.8. The summed E-state index contributed by atoms with van der Waals surface area (Å²) in [7, 11) is 0. The van der Waals surface area contributed by atoms with Gasteiger partial charge in [0, 0.05) is 11.6 Å². The third-order valence-corrected chi connectivity index (χ3v) is 3.80. The summed E-state index contributed by atoms with van der Waals surface area (Å²) in [5.41, 5.74) is 0.469. The second-order valence-electron chi connectivity index (χ2n) is 6.31. The Morgan fingerprint density at radius 3 is 1.86 bits per heavy atom. The van der Waals surface area contributed by atoms with Gasteiger partial charge in [-0.2, -0.15) is 0 Å². The highest BCUT2D eigenvalue weighted by atomic mass is 16.5. The van der Waals surface area contributed by atoms with Crippen LogP contribution in [0.2, 0.25) is 0 Å². The molecule has 0 atom stereocenters. The van der Waals surface area contributed by atoms with Crippen molar-refractivity contribution in [2.24, 2.45) is 0 Å². The van der Waals surface area contributed by atoms with Crippen LogP contribution in [0.15, 0.2) is 48.1 Å². The fourth-order valence-electron chi connectivity index (χ4n) is 2.14. The van der Waals surface area contributed by atoms with Crippen molar-refractivity contribution in [2.75, 3.05) is 6.61 Å². The highest BCUT2D eigenvalue weighted by Gasteiger charge is 2.00. The van der Waals surface area contributed by atoms with Crippen LogP contribution < -0.4 is 0 Å². The molecular weight excluding hydrogens is 352 g/mol. The number of hydrogen-bond donors (Lipinski definition) is 1. The average molecular weight is 393 g/mol. The fraction of sp³-hybridized carbons (Fsp3) is 0.583. The van der Waals surface area contributed by atoms with Gasteiger partial charge in [-0.1, -0.05) is 82.9 Å². The van der Waals surface area contributed by atoms with E-state index >= 15 is 0 Å². The molecule has 0 amide bonds. The molecule has 0 unspecified atom stereocenters. The quantitative estimate of drug-likeness (QED) is 0.153. The summed E-state index contributed by atoms with van der Waals surface area (Å²) in [6.07, 6.45) is 22.8. The number of carbonyl (C=O) groups is 2. The summed E-state index contributed by atoms with van der Waals surface area (Å²) < 4.78 is 4.73. The van der Waals surface area contributed by atoms with Crippen LogP contribution in [0.3, 0.4) is 0 Å². The standard InChI is InChI=1S/2C12H20O2/c1-3-5-6-7-8-9-10-11-12(13)14-4-2;1-3-5-6-7-8-9-10-11(4-2)12(13)14/h8-11H,3-7H2,1-2H3;8-10H,3-7H2,1-2H3,(H,13,14)/b2*9-8-,11-10+. The van der Waals surface area contributed by atoms with Gasteiger partial charge < -0.3 is 9.84 Å². The molecule has 0 spiro atoms. The predicted molar refractivity (Wildman–Crippen MR) is 118 cm³/mol. The lowest BCUT2D eigenvalue weighted by atomic mass is 10.1. The lowest BCUT2D eigenvalue weighted by Gasteiger charge is -1.94. The number of unbranched alkanes of at least 4 members (excludes halogenated alkanes) is 6. The average Bonchev–Trinajstić information content (AvgIpc) is 2.67. The van der Waals surface area contributed by atoms with Crippen LogP contribution in [-0.2, 0) is 14.3 Å². The van der Waals surface area contributed by atoms with Gasteiger partial charge in [-0.15, -0.1) is 0 Å². The first kappa shape index (κ1) is 28.1. The molecule has 0 aromatic carbocycles. The van der Waals surface area contributed by atoms with Crippen molar-refractivity contribution in [1.82, 2.24) is 0 Å². The van der Waals surface area contributed by atoms with Crippen LogP contribution in [-0.4, -0.2) is 23.7 Å². The van der Waals surface area contributed by atoms with E-state index in [4.69, 9.17) is 9.84 Å². The number of ether oxygens (including phenoxy) is 1. The number of allylic oxidation sites excluding steroid dienone is 6. The zero-order chi connectivity index (χ0) is 21.5. The summed E-state index contributed by atoms with van der Waals surface area (Å²) in [5.74, 6) is -1.09. The summed E-state index contributed by atoms with van der Waals surface area (Å²) in [4.78, 5) is 21.4. The van der Waals surface area contributed by atoms with E-state index in [0.717, 1.165) is 12.8 Å². The smallest absolute Gasteiger partial charge is 0.331 e. The highest BCUT2D eigenvalue weighted by molar-refractivity contribution is 5.86. The summed E-state index contributed by atoms with van der Waals surface area (Å²) in [6, 6.07) is 0. The van der Waals surface area contributed by atoms with Gasteiger partial charge >= 0.3 is 11.9 Å². The van der Waals surface area contributed by atoms with Gasteiger partial charge in [0.2, 0.25) is 0 Å². The molecule has 0 aliphatic rings. The number of esters is 1. The van der Waals surface area contributed by atoms with Gasteiger partial charge in [-0.3, -0.25) is 0 Å². The fourth-order valence-corrected chi connectivity index (χ4v) is 2.14. The number of hydrogen-bond acceptors (Lipinski definition) is 3. The Balaban J connectivity index is 0. The van der Waals surface area contributed by atoms with Crippen molar-refractivity contribution in [3.8, 4) is 0 Å². The van der Waals surface area contributed by atoms with Gasteiger partial charge in [0.1, 0.15) is 0 Å². The Morgan fingerprint density at radius 1 is 0.821 bits per heavy atom. The maximum Gasteiger partial charge on any atom is 0.331 e. The minimum atomic E-state index is -0.814. The van der Waals surface area contributed by atoms with Crippen molar-refractivity contribution in [2.45, 2.75) is 85.5 Å². The van der Waals surface area contributed by atoms with Crippen molar-refractivity contribution in [1.29, 1.82) is 0 Å². The minimum Gasteiger partial charge on any atom is -0.478 e. The molecule has 0 aromatic rings. The first-order valence-corrected chi connectivity index (χ1v) is 10.6. The van der Waals surface area contributed by atoms with Crippen molar-refractivity contribution < 1.29 is 19.4 Å². The summed E-state index contributed by atoms with van der Waals surface area (Å²) in [5, 5.41) is 8.71. The second-order valence-corrected chi connectivity index (χ2v) is 6.31. The Labute approximate surface area is 172 Å². The van der Waals surface area contributed by atoms with Crippen LogP contribution in [0.4, 0.5) is 0 Å². The second kappa shape index (κ2) is 22.9. The molecule has 0 aromatic heterocycles. The molecular formula is C24H40O4. The number of rotatable bonds is 14. The Kier molecular flexibility index (Phi) is 23.0. The van der Waals surface area contributed by atoms with Gasteiger partial charge in [0.05, 0.1) is 6.61 Å². The molecule has 0 fully saturated rings. The maximum atomic E-state index is 10.8. The monoisotopic (exact) mass is 392 g/mol. The van der Waals surface area contributed by atoms with Crippen molar-refractivity contribution >= 4 is 11.9 Å². The molecule has 0 aliphatic carbocycles. The zero-order valence-electron chi connectivity index (χ0n) is 18.3. The molecule has 0 bridgehead atoms. The third-order valence-electron chi connectivity index (χ3n) is 3.80. The van der Waals surface area contributed by atoms with E-state index in [-0.39, 0.29) is 5.97 Å². The lowest BCUT2D eigenvalue weighted by molar-refractivity contribution is -0.137. The van der Waals surface area contributed by atoms with E-state index in [1.54, 1.807) is 19.1 Å². The number of carbonyl (C=O) groups excluding carboxylic acids is 1. The van der Waals surface area contributed by atoms with Crippen LogP contribution in [0.5, 0.6) is 0 Å². The Hall–Kier alpha value is -2.10. The van der Waals surface area contributed by atoms with Gasteiger partial charge in [0.15, 0.2) is 0 Å². The molecule has 0 rings (SSSR count). The Morgan fingerprint density at radius 2 is 1.39 bits per heavy atom. The highest BCUT2D eigenvalue weighted by Crippen LogP contribution is 2.03. The predicted octanol–water partition coefficient (Wildman–Crippen LogP) is 6.79. The van der Waals surface area contributed by atoms with Crippen LogP contribution in [0.25, 0.3) is 0 Å². The van der Waals surface area contributed by atoms with Crippen molar-refractivity contribution in [3.05, 3.63) is 48.1 Å². The van der Waals surface area contributed by atoms with Crippen LogP contribution in [0, 0.1) is 0 Å². The van der Waals surface area contributed by atoms with Gasteiger partial charge in [-0.05, 0) is 39.0 Å². The lowest BCUT2D eigenvalue weighted by Crippen LogP contribution is -1.98. The molecule has 0 heterocycles. The Bertz CT molecular complexity index is 497. The molecule has 4 nitrogen and oxygen atoms in total. The first-order chi connectivity index (χ1) is 13.5. The van der Waals surface area contributed by atoms with Crippen molar-refractivity contribution in [3.63, 3.8) is 0 Å². The minimum absolute atomic E-state index is 0.272. The largest absolute Gasteiger partial charge is 0.478 e. The molecule has 160 valence electrons. The molecule has 0 saturated heterocycles. The van der Waals surface area contributed by atoms with E-state index in [0.29, 0.717) is 18.6 Å². The number of carboxylic acid groups (broad SMARTS) is 1. The van der Waals surface area contributed by atoms with Crippen LogP contribution >= 0.6 is 0 Å². The first-order valence-electron chi connectivity index (χ1n) is 10.6. The molecule has 0 aliphatic heterocycles. The third kappa shape index (κ3) is 21.9. The van der Waals surface area contributed by atoms with E-state index < -0.39 is 5.97 Å². The van der Waals surface area contributed by atoms with E-state index in [1.807, 2.05) is 25.2 Å². The van der Waals surface area contributed by atoms with E-state index in [2.05, 4.69) is 19.9 Å². The molecule has 28 heavy (non-hydrogen) atoms. The van der Waals surface area contributed by atoms with E-state index in [1.165, 1.54) is 44.6 Å². The molecule has 0 radical (unpaired) electrons. The van der Waals surface area contributed by atoms with E-state index in [9.17, 15) is 9.59 Å². The topological polar surface area (TPSA) is 63.6 Å².